The maximum atomic E-state index is 9.58. The van der Waals surface area contributed by atoms with Crippen molar-refractivity contribution in [1.82, 2.24) is 19.6 Å². The van der Waals surface area contributed by atoms with E-state index in [0.29, 0.717) is 5.75 Å². The Kier molecular flexibility index (Phi) is 6.15. The summed E-state index contributed by atoms with van der Waals surface area (Å²) in [5.74, 6) is 2.21. The average Bonchev–Trinajstić information content (AvgIpc) is 3.36. The number of imidazole rings is 1. The van der Waals surface area contributed by atoms with Gasteiger partial charge >= 0.3 is 0 Å². The molecule has 4 aromatic rings. The molecule has 1 aliphatic heterocycles. The van der Waals surface area contributed by atoms with Crippen molar-refractivity contribution in [3.8, 4) is 16.9 Å². The highest BCUT2D eigenvalue weighted by molar-refractivity contribution is 5.83. The highest BCUT2D eigenvalue weighted by atomic mass is 16.5. The van der Waals surface area contributed by atoms with E-state index in [9.17, 15) is 5.11 Å². The number of phenolic OH excluding ortho intramolecular Hbond substituents is 1. The molecule has 0 aliphatic carbocycles. The number of morpholine rings is 1. The third kappa shape index (κ3) is 4.65. The number of nitrogens with zero attached hydrogens (tertiary/aromatic N) is 4. The summed E-state index contributed by atoms with van der Waals surface area (Å²) in [6.07, 6.45) is 1.71. The molecule has 2 aromatic carbocycles. The molecule has 1 aliphatic rings. The highest BCUT2D eigenvalue weighted by Crippen LogP contribution is 2.30. The van der Waals surface area contributed by atoms with Crippen LogP contribution in [0.4, 0.5) is 0 Å². The lowest BCUT2D eigenvalue weighted by molar-refractivity contribution is 0.0364. The molecule has 33 heavy (non-hydrogen) atoms. The minimum atomic E-state index is 0.295. The Hall–Kier alpha value is -3.16. The maximum absolute atomic E-state index is 9.58. The Morgan fingerprint density at radius 3 is 2.48 bits per heavy atom. The van der Waals surface area contributed by atoms with Gasteiger partial charge in [-0.2, -0.15) is 0 Å². The van der Waals surface area contributed by atoms with Gasteiger partial charge in [-0.3, -0.25) is 4.90 Å². The number of ether oxygens (including phenoxy) is 1. The second-order valence-corrected chi connectivity index (χ2v) is 8.70. The van der Waals surface area contributed by atoms with Crippen LogP contribution in [0.5, 0.6) is 5.75 Å². The summed E-state index contributed by atoms with van der Waals surface area (Å²) < 4.78 is 13.2. The Morgan fingerprint density at radius 1 is 0.970 bits per heavy atom. The van der Waals surface area contributed by atoms with Crippen molar-refractivity contribution in [2.24, 2.45) is 0 Å². The van der Waals surface area contributed by atoms with Crippen LogP contribution in [0.3, 0.4) is 0 Å². The number of hydrogen-bond acceptors (Lipinski definition) is 6. The number of aromatic hydroxyl groups is 1. The van der Waals surface area contributed by atoms with Crippen LogP contribution in [0, 0.1) is 13.8 Å². The lowest BCUT2D eigenvalue weighted by Gasteiger charge is -2.27. The van der Waals surface area contributed by atoms with Gasteiger partial charge in [0.2, 0.25) is 0 Å². The lowest BCUT2D eigenvalue weighted by Crippen LogP contribution is -2.38. The van der Waals surface area contributed by atoms with Crippen molar-refractivity contribution in [2.75, 3.05) is 32.8 Å². The van der Waals surface area contributed by atoms with Gasteiger partial charge in [-0.1, -0.05) is 23.4 Å². The first kappa shape index (κ1) is 21.7. The van der Waals surface area contributed by atoms with Crippen molar-refractivity contribution in [3.05, 3.63) is 65.3 Å². The van der Waals surface area contributed by atoms with Gasteiger partial charge in [-0.05, 0) is 55.7 Å². The molecule has 0 radical (unpaired) electrons. The first-order chi connectivity index (χ1) is 16.1. The summed E-state index contributed by atoms with van der Waals surface area (Å²) in [4.78, 5) is 7.51. The molecule has 0 spiro atoms. The van der Waals surface area contributed by atoms with Gasteiger partial charge in [-0.15, -0.1) is 0 Å². The largest absolute Gasteiger partial charge is 0.508 e. The normalized spacial score (nSPS) is 14.8. The van der Waals surface area contributed by atoms with Crippen LogP contribution in [-0.4, -0.2) is 57.6 Å². The van der Waals surface area contributed by atoms with Crippen LogP contribution in [-0.2, 0) is 24.1 Å². The van der Waals surface area contributed by atoms with Crippen LogP contribution in [0.15, 0.2) is 47.0 Å². The van der Waals surface area contributed by atoms with E-state index < -0.39 is 0 Å². The molecule has 0 saturated carbocycles. The molecule has 172 valence electrons. The predicted octanol–water partition coefficient (Wildman–Crippen LogP) is 4.13. The minimum Gasteiger partial charge on any atom is -0.508 e. The van der Waals surface area contributed by atoms with Gasteiger partial charge in [-0.25, -0.2) is 4.98 Å². The number of aryl methyl sites for hydroxylation is 4. The van der Waals surface area contributed by atoms with Crippen molar-refractivity contribution in [2.45, 2.75) is 33.2 Å². The molecular formula is C26H30N4O3. The summed E-state index contributed by atoms with van der Waals surface area (Å²) in [5, 5.41) is 13.7. The van der Waals surface area contributed by atoms with E-state index in [1.54, 1.807) is 12.1 Å². The summed E-state index contributed by atoms with van der Waals surface area (Å²) in [7, 11) is 0. The first-order valence-corrected chi connectivity index (χ1v) is 11.6. The second-order valence-electron chi connectivity index (χ2n) is 8.70. The number of hydrogen-bond donors (Lipinski definition) is 1. The number of fused-ring (bicyclic) bond motifs is 1. The summed E-state index contributed by atoms with van der Waals surface area (Å²) in [6, 6.07) is 13.9. The van der Waals surface area contributed by atoms with E-state index in [1.165, 1.54) is 5.56 Å². The van der Waals surface area contributed by atoms with Crippen molar-refractivity contribution >= 4 is 11.0 Å². The molecule has 2 aromatic heterocycles. The van der Waals surface area contributed by atoms with Crippen molar-refractivity contribution in [1.29, 1.82) is 0 Å². The minimum absolute atomic E-state index is 0.295. The monoisotopic (exact) mass is 446 g/mol. The topological polar surface area (TPSA) is 76.6 Å². The van der Waals surface area contributed by atoms with E-state index in [-0.39, 0.29) is 0 Å². The van der Waals surface area contributed by atoms with Crippen LogP contribution in [0.2, 0.25) is 0 Å². The molecule has 3 heterocycles. The van der Waals surface area contributed by atoms with Gasteiger partial charge in [0.05, 0.1) is 29.9 Å². The van der Waals surface area contributed by atoms with Gasteiger partial charge in [0.1, 0.15) is 17.3 Å². The Labute approximate surface area is 193 Å². The number of aromatic nitrogens is 3. The molecule has 1 fully saturated rings. The molecule has 1 saturated heterocycles. The first-order valence-electron chi connectivity index (χ1n) is 11.6. The Bertz CT molecular complexity index is 1220. The second kappa shape index (κ2) is 9.37. The van der Waals surface area contributed by atoms with Gasteiger partial charge < -0.3 is 18.9 Å². The lowest BCUT2D eigenvalue weighted by atomic mass is 10.0. The fourth-order valence-corrected chi connectivity index (χ4v) is 4.66. The standard InChI is InChI=1S/C26H30N4O3/c1-18-26(19(2)33-28-18)21-6-9-24-23(17-21)27-25(10-5-20-3-7-22(31)8-4-20)30(24)12-11-29-13-15-32-16-14-29/h3-4,6-9,17,31H,5,10-16H2,1-2H3. The average molecular weight is 447 g/mol. The highest BCUT2D eigenvalue weighted by Gasteiger charge is 2.17. The quantitative estimate of drug-likeness (QED) is 0.460. The van der Waals surface area contributed by atoms with Crippen LogP contribution >= 0.6 is 0 Å². The molecule has 7 nitrogen and oxygen atoms in total. The van der Waals surface area contributed by atoms with Crippen molar-refractivity contribution in [3.63, 3.8) is 0 Å². The summed E-state index contributed by atoms with van der Waals surface area (Å²) in [5.41, 5.74) is 6.36. The van der Waals surface area contributed by atoms with E-state index in [0.717, 1.165) is 91.7 Å². The summed E-state index contributed by atoms with van der Waals surface area (Å²) in [6.45, 7) is 9.36. The van der Waals surface area contributed by atoms with Gasteiger partial charge in [0.15, 0.2) is 0 Å². The summed E-state index contributed by atoms with van der Waals surface area (Å²) >= 11 is 0. The molecule has 0 bridgehead atoms. The SMILES string of the molecule is Cc1noc(C)c1-c1ccc2c(c1)nc(CCc1ccc(O)cc1)n2CCN1CCOCC1. The van der Waals surface area contributed by atoms with E-state index in [4.69, 9.17) is 14.2 Å². The van der Waals surface area contributed by atoms with Gasteiger partial charge in [0.25, 0.3) is 0 Å². The zero-order chi connectivity index (χ0) is 22.8. The molecule has 0 amide bonds. The molecule has 1 N–H and O–H groups in total. The van der Waals surface area contributed by atoms with Crippen LogP contribution in [0.1, 0.15) is 22.8 Å². The third-order valence-electron chi connectivity index (χ3n) is 6.47. The van der Waals surface area contributed by atoms with E-state index in [2.05, 4.69) is 32.8 Å². The third-order valence-corrected chi connectivity index (χ3v) is 6.47. The van der Waals surface area contributed by atoms with Gasteiger partial charge in [0, 0.05) is 38.2 Å². The smallest absolute Gasteiger partial charge is 0.141 e. The molecule has 7 heteroatoms. The molecule has 5 rings (SSSR count). The number of benzene rings is 2. The zero-order valence-corrected chi connectivity index (χ0v) is 19.3. The van der Waals surface area contributed by atoms with E-state index in [1.807, 2.05) is 26.0 Å². The fourth-order valence-electron chi connectivity index (χ4n) is 4.66. The van der Waals surface area contributed by atoms with Crippen molar-refractivity contribution < 1.29 is 14.4 Å². The molecule has 0 atom stereocenters. The molecule has 0 unspecified atom stereocenters. The van der Waals surface area contributed by atoms with E-state index >= 15 is 0 Å². The predicted molar refractivity (Wildman–Crippen MR) is 127 cm³/mol. The maximum Gasteiger partial charge on any atom is 0.141 e. The Balaban J connectivity index is 1.45. The fraction of sp³-hybridized carbons (Fsp3) is 0.385. The number of phenols is 1. The Morgan fingerprint density at radius 2 is 1.76 bits per heavy atom. The van der Waals surface area contributed by atoms with Crippen LogP contribution < -0.4 is 0 Å². The zero-order valence-electron chi connectivity index (χ0n) is 19.3. The van der Waals surface area contributed by atoms with Crippen LogP contribution in [0.25, 0.3) is 22.2 Å². The molecular weight excluding hydrogens is 416 g/mol. The number of rotatable bonds is 7.